The number of alkyl carbamates (subject to hydrolysis) is 1. The number of methoxy groups -OCH3 is 1. The van der Waals surface area contributed by atoms with Crippen LogP contribution in [-0.4, -0.2) is 47.7 Å². The molecule has 0 bridgehead atoms. The number of carbonyl (C=O) groups excluding carboxylic acids is 2. The highest BCUT2D eigenvalue weighted by Crippen LogP contribution is 2.21. The van der Waals surface area contributed by atoms with E-state index in [4.69, 9.17) is 13.9 Å². The summed E-state index contributed by atoms with van der Waals surface area (Å²) < 4.78 is 16.2. The number of nitrogens with one attached hydrogen (secondary N) is 2. The normalized spacial score (nSPS) is 12.0. The number of benzene rings is 3. The van der Waals surface area contributed by atoms with Crippen molar-refractivity contribution in [2.75, 3.05) is 19.5 Å². The van der Waals surface area contributed by atoms with E-state index in [0.717, 1.165) is 16.7 Å². The van der Waals surface area contributed by atoms with Crippen molar-refractivity contribution in [3.8, 4) is 5.75 Å². The summed E-state index contributed by atoms with van der Waals surface area (Å²) in [6, 6.07) is 19.8. The number of aromatic nitrogens is 1. The Labute approximate surface area is 251 Å². The van der Waals surface area contributed by atoms with Gasteiger partial charge in [0.25, 0.3) is 6.01 Å². The molecule has 10 heteroatoms. The molecule has 0 aliphatic heterocycles. The molecular formula is C33H38N4O6. The molecular weight excluding hydrogens is 548 g/mol. The van der Waals surface area contributed by atoms with Gasteiger partial charge in [0.15, 0.2) is 0 Å². The molecule has 0 fully saturated rings. The van der Waals surface area contributed by atoms with Gasteiger partial charge in [0.2, 0.25) is 5.91 Å². The summed E-state index contributed by atoms with van der Waals surface area (Å²) in [6.07, 6.45) is -0.235. The van der Waals surface area contributed by atoms with Crippen molar-refractivity contribution in [3.05, 3.63) is 99.4 Å². The van der Waals surface area contributed by atoms with Gasteiger partial charge >= 0.3 is 11.7 Å². The average molecular weight is 587 g/mol. The maximum atomic E-state index is 13.7. The number of likely N-dealkylation sites (N-methyl/N-ethyl adjacent to an activating group) is 1. The van der Waals surface area contributed by atoms with Gasteiger partial charge in [0.05, 0.1) is 18.0 Å². The Balaban J connectivity index is 1.58. The number of nitrogens with zero attached hydrogens (tertiary/aromatic N) is 2. The van der Waals surface area contributed by atoms with Crippen molar-refractivity contribution in [2.45, 2.75) is 58.8 Å². The highest BCUT2D eigenvalue weighted by Gasteiger charge is 2.25. The lowest BCUT2D eigenvalue weighted by Crippen LogP contribution is -2.42. The molecule has 0 saturated carbocycles. The first-order valence-corrected chi connectivity index (χ1v) is 14.0. The van der Waals surface area contributed by atoms with Crippen LogP contribution in [0.4, 0.5) is 10.8 Å². The molecule has 4 rings (SSSR count). The van der Waals surface area contributed by atoms with Gasteiger partial charge in [-0.3, -0.25) is 4.79 Å². The summed E-state index contributed by atoms with van der Waals surface area (Å²) in [7, 11) is 3.33. The number of anilines is 1. The van der Waals surface area contributed by atoms with Gasteiger partial charge in [-0.1, -0.05) is 48.5 Å². The van der Waals surface area contributed by atoms with E-state index in [9.17, 15) is 14.4 Å². The fourth-order valence-electron chi connectivity index (χ4n) is 4.64. The number of fused-ring (bicyclic) bond motifs is 1. The summed E-state index contributed by atoms with van der Waals surface area (Å²) in [5, 5.41) is 6.09. The lowest BCUT2D eigenvalue weighted by molar-refractivity contribution is -0.131. The number of aryl methyl sites for hydroxylation is 1. The smallest absolute Gasteiger partial charge is 0.407 e. The topological polar surface area (TPSA) is 123 Å². The van der Waals surface area contributed by atoms with E-state index >= 15 is 0 Å². The zero-order valence-electron chi connectivity index (χ0n) is 25.4. The highest BCUT2D eigenvalue weighted by atomic mass is 16.6. The van der Waals surface area contributed by atoms with Crippen molar-refractivity contribution in [3.63, 3.8) is 0 Å². The largest absolute Gasteiger partial charge is 0.497 e. The Kier molecular flexibility index (Phi) is 9.70. The van der Waals surface area contributed by atoms with E-state index in [1.165, 1.54) is 0 Å². The number of ether oxygens (including phenoxy) is 2. The van der Waals surface area contributed by atoms with E-state index < -0.39 is 23.4 Å². The molecule has 2 amide bonds. The lowest BCUT2D eigenvalue weighted by atomic mass is 10.0. The van der Waals surface area contributed by atoms with Crippen molar-refractivity contribution >= 4 is 28.9 Å². The molecule has 2 N–H and O–H groups in total. The maximum absolute atomic E-state index is 13.7. The Bertz CT molecular complexity index is 1630. The third kappa shape index (κ3) is 8.34. The predicted octanol–water partition coefficient (Wildman–Crippen LogP) is 5.21. The van der Waals surface area contributed by atoms with Crippen LogP contribution in [0.5, 0.6) is 5.75 Å². The predicted molar refractivity (Wildman–Crippen MR) is 165 cm³/mol. The lowest BCUT2D eigenvalue weighted by Gasteiger charge is -2.25. The van der Waals surface area contributed by atoms with Crippen LogP contribution in [0.1, 0.15) is 43.0 Å². The van der Waals surface area contributed by atoms with Gasteiger partial charge in [-0.05, 0) is 68.1 Å². The van der Waals surface area contributed by atoms with Crippen LogP contribution in [0, 0.1) is 6.92 Å². The minimum atomic E-state index is -0.770. The molecule has 0 aliphatic carbocycles. The molecule has 4 aromatic rings. The molecule has 226 valence electrons. The third-order valence-corrected chi connectivity index (χ3v) is 6.83. The Morgan fingerprint density at radius 3 is 2.35 bits per heavy atom. The van der Waals surface area contributed by atoms with Gasteiger partial charge in [0.1, 0.15) is 17.4 Å². The second kappa shape index (κ2) is 13.4. The van der Waals surface area contributed by atoms with Crippen molar-refractivity contribution < 1.29 is 23.5 Å². The minimum Gasteiger partial charge on any atom is -0.497 e. The molecule has 0 spiro atoms. The summed E-state index contributed by atoms with van der Waals surface area (Å²) in [5.41, 5.74) is 2.42. The molecule has 10 nitrogen and oxygen atoms in total. The quantitative estimate of drug-likeness (QED) is 0.260. The standard InChI is InChI=1S/C33H38N4O6/c1-21-24(19-34-32(40)43-33(2,3)4)14-17-26-28(21)30(39)42-31(35-26)36-27(18-22-12-15-25(41-6)16-13-22)29(38)37(5)20-23-10-8-7-9-11-23/h7-17,27H,18-20H2,1-6H3,(H,34,40)(H,35,36)/t27-/m0/s1. The number of hydrogen-bond acceptors (Lipinski definition) is 8. The third-order valence-electron chi connectivity index (χ3n) is 6.83. The molecule has 1 aromatic heterocycles. The summed E-state index contributed by atoms with van der Waals surface area (Å²) in [6.45, 7) is 7.71. The number of rotatable bonds is 10. The second-order valence-corrected chi connectivity index (χ2v) is 11.3. The molecule has 1 atom stereocenters. The molecule has 1 heterocycles. The zero-order valence-corrected chi connectivity index (χ0v) is 25.4. The fraction of sp³-hybridized carbons (Fsp3) is 0.333. The number of hydrogen-bond donors (Lipinski definition) is 2. The number of amides is 2. The van der Waals surface area contributed by atoms with E-state index in [1.54, 1.807) is 58.9 Å². The SMILES string of the molecule is COc1ccc(C[C@H](Nc2nc3ccc(CNC(=O)OC(C)(C)C)c(C)c3c(=O)o2)C(=O)N(C)Cc2ccccc2)cc1. The molecule has 0 aliphatic rings. The van der Waals surface area contributed by atoms with Gasteiger partial charge in [-0.2, -0.15) is 4.98 Å². The molecule has 43 heavy (non-hydrogen) atoms. The number of carbonyl (C=O) groups is 2. The van der Waals surface area contributed by atoms with E-state index in [2.05, 4.69) is 15.6 Å². The van der Waals surface area contributed by atoms with Crippen molar-refractivity contribution in [2.24, 2.45) is 0 Å². The van der Waals surface area contributed by atoms with E-state index in [1.807, 2.05) is 54.6 Å². The zero-order chi connectivity index (χ0) is 31.1. The van der Waals surface area contributed by atoms with Gasteiger partial charge in [-0.15, -0.1) is 0 Å². The summed E-state index contributed by atoms with van der Waals surface area (Å²) in [5.74, 6) is 0.517. The summed E-state index contributed by atoms with van der Waals surface area (Å²) >= 11 is 0. The first-order valence-electron chi connectivity index (χ1n) is 14.0. The van der Waals surface area contributed by atoms with Crippen LogP contribution in [0.15, 0.2) is 75.9 Å². The minimum absolute atomic E-state index is 0.0588. The first-order chi connectivity index (χ1) is 20.4. The van der Waals surface area contributed by atoms with Crippen LogP contribution >= 0.6 is 0 Å². The first kappa shape index (κ1) is 31.1. The molecule has 3 aromatic carbocycles. The molecule has 0 radical (unpaired) electrons. The van der Waals surface area contributed by atoms with Crippen LogP contribution < -0.4 is 21.0 Å². The van der Waals surface area contributed by atoms with Crippen molar-refractivity contribution in [1.82, 2.24) is 15.2 Å². The van der Waals surface area contributed by atoms with Crippen LogP contribution in [0.25, 0.3) is 10.9 Å². The molecule has 0 saturated heterocycles. The molecule has 0 unspecified atom stereocenters. The fourth-order valence-corrected chi connectivity index (χ4v) is 4.64. The van der Waals surface area contributed by atoms with Gasteiger partial charge < -0.3 is 29.4 Å². The Hall–Kier alpha value is -4.86. The highest BCUT2D eigenvalue weighted by molar-refractivity contribution is 5.86. The van der Waals surface area contributed by atoms with E-state index in [-0.39, 0.29) is 18.5 Å². The average Bonchev–Trinajstić information content (AvgIpc) is 2.96. The van der Waals surface area contributed by atoms with Gasteiger partial charge in [0, 0.05) is 26.6 Å². The van der Waals surface area contributed by atoms with Crippen LogP contribution in [0.3, 0.4) is 0 Å². The monoisotopic (exact) mass is 586 g/mol. The van der Waals surface area contributed by atoms with E-state index in [0.29, 0.717) is 35.2 Å². The maximum Gasteiger partial charge on any atom is 0.407 e. The second-order valence-electron chi connectivity index (χ2n) is 11.3. The summed E-state index contributed by atoms with van der Waals surface area (Å²) in [4.78, 5) is 45.2. The van der Waals surface area contributed by atoms with Gasteiger partial charge in [-0.25, -0.2) is 9.59 Å². The Morgan fingerprint density at radius 1 is 1.00 bits per heavy atom. The van der Waals surface area contributed by atoms with Crippen molar-refractivity contribution in [1.29, 1.82) is 0 Å². The van der Waals surface area contributed by atoms with Crippen LogP contribution in [-0.2, 0) is 29.0 Å². The van der Waals surface area contributed by atoms with Crippen LogP contribution in [0.2, 0.25) is 0 Å². The Morgan fingerprint density at radius 2 is 1.70 bits per heavy atom.